The highest BCUT2D eigenvalue weighted by atomic mass is 79.9. The molecule has 0 saturated carbocycles. The average molecular weight is 324 g/mol. The molecule has 0 aliphatic carbocycles. The third kappa shape index (κ3) is 3.06. The number of thiophene rings is 1. The lowest BCUT2D eigenvalue weighted by Gasteiger charge is -2.22. The zero-order valence-corrected chi connectivity index (χ0v) is 12.2. The van der Waals surface area contributed by atoms with E-state index in [1.165, 1.54) is 4.88 Å². The Morgan fingerprint density at radius 3 is 2.81 bits per heavy atom. The van der Waals surface area contributed by atoms with E-state index in [-0.39, 0.29) is 6.04 Å². The van der Waals surface area contributed by atoms with Crippen molar-refractivity contribution in [2.24, 2.45) is 0 Å². The van der Waals surface area contributed by atoms with E-state index in [2.05, 4.69) is 26.9 Å². The van der Waals surface area contributed by atoms with Gasteiger partial charge in [-0.25, -0.2) is 8.42 Å². The summed E-state index contributed by atoms with van der Waals surface area (Å²) in [7, 11) is -0.776. The predicted octanol–water partition coefficient (Wildman–Crippen LogP) is 2.13. The summed E-state index contributed by atoms with van der Waals surface area (Å²) in [5.41, 5.74) is 0. The lowest BCUT2D eigenvalue weighted by Crippen LogP contribution is -2.31. The molecule has 1 aliphatic rings. The van der Waals surface area contributed by atoms with Crippen LogP contribution in [0, 0.1) is 0 Å². The van der Waals surface area contributed by atoms with Crippen molar-refractivity contribution in [1.29, 1.82) is 0 Å². The van der Waals surface area contributed by atoms with Gasteiger partial charge in [-0.3, -0.25) is 4.90 Å². The van der Waals surface area contributed by atoms with Crippen LogP contribution in [0.1, 0.15) is 11.3 Å². The molecule has 0 unspecified atom stereocenters. The summed E-state index contributed by atoms with van der Waals surface area (Å²) in [6.45, 7) is 0.830. The topological polar surface area (TPSA) is 37.4 Å². The smallest absolute Gasteiger partial charge is 0.151 e. The van der Waals surface area contributed by atoms with Crippen molar-refractivity contribution < 1.29 is 8.42 Å². The number of hydrogen-bond acceptors (Lipinski definition) is 4. The molecular formula is C10H14BrNO2S2. The van der Waals surface area contributed by atoms with E-state index in [1.54, 1.807) is 11.3 Å². The monoisotopic (exact) mass is 323 g/mol. The van der Waals surface area contributed by atoms with Gasteiger partial charge >= 0.3 is 0 Å². The highest BCUT2D eigenvalue weighted by molar-refractivity contribution is 9.11. The molecule has 6 heteroatoms. The van der Waals surface area contributed by atoms with Crippen molar-refractivity contribution in [3.63, 3.8) is 0 Å². The Kier molecular flexibility index (Phi) is 3.73. The molecule has 0 radical (unpaired) electrons. The second kappa shape index (κ2) is 4.76. The Bertz CT molecular complexity index is 469. The SMILES string of the molecule is CN(Cc1ccc(Br)s1)[C@@H]1CCS(=O)(=O)C1. The first-order chi connectivity index (χ1) is 7.46. The van der Waals surface area contributed by atoms with Crippen molar-refractivity contribution >= 4 is 37.1 Å². The third-order valence-electron chi connectivity index (χ3n) is 2.87. The maximum Gasteiger partial charge on any atom is 0.151 e. The van der Waals surface area contributed by atoms with Crippen LogP contribution in [-0.4, -0.2) is 37.9 Å². The molecule has 0 spiro atoms. The van der Waals surface area contributed by atoms with Crippen LogP contribution in [0.2, 0.25) is 0 Å². The molecule has 90 valence electrons. The molecule has 1 saturated heterocycles. The summed E-state index contributed by atoms with van der Waals surface area (Å²) >= 11 is 5.13. The Hall–Kier alpha value is 0.0900. The first-order valence-electron chi connectivity index (χ1n) is 5.11. The predicted molar refractivity (Wildman–Crippen MR) is 70.5 cm³/mol. The van der Waals surface area contributed by atoms with Gasteiger partial charge in [-0.15, -0.1) is 11.3 Å². The van der Waals surface area contributed by atoms with E-state index < -0.39 is 9.84 Å². The molecule has 2 heterocycles. The molecule has 1 aromatic heterocycles. The van der Waals surface area contributed by atoms with Gasteiger partial charge in [0.15, 0.2) is 9.84 Å². The maximum atomic E-state index is 11.4. The first kappa shape index (κ1) is 12.5. The van der Waals surface area contributed by atoms with E-state index >= 15 is 0 Å². The number of hydrogen-bond donors (Lipinski definition) is 0. The molecule has 3 nitrogen and oxygen atoms in total. The van der Waals surface area contributed by atoms with E-state index in [0.717, 1.165) is 16.8 Å². The van der Waals surface area contributed by atoms with E-state index in [9.17, 15) is 8.42 Å². The maximum absolute atomic E-state index is 11.4. The Morgan fingerprint density at radius 1 is 1.56 bits per heavy atom. The Morgan fingerprint density at radius 2 is 2.31 bits per heavy atom. The summed E-state index contributed by atoms with van der Waals surface area (Å²) < 4.78 is 23.9. The fraction of sp³-hybridized carbons (Fsp3) is 0.600. The molecule has 1 atom stereocenters. The summed E-state index contributed by atoms with van der Waals surface area (Å²) in [5.74, 6) is 0.659. The van der Waals surface area contributed by atoms with Gasteiger partial charge in [-0.05, 0) is 41.5 Å². The van der Waals surface area contributed by atoms with Gasteiger partial charge in [0, 0.05) is 17.5 Å². The fourth-order valence-electron chi connectivity index (χ4n) is 1.93. The minimum absolute atomic E-state index is 0.186. The molecular weight excluding hydrogens is 310 g/mol. The van der Waals surface area contributed by atoms with Crippen LogP contribution in [0.25, 0.3) is 0 Å². The molecule has 0 bridgehead atoms. The van der Waals surface area contributed by atoms with Gasteiger partial charge in [0.25, 0.3) is 0 Å². The number of rotatable bonds is 3. The number of halogens is 1. The Labute approximate surface area is 109 Å². The molecule has 0 N–H and O–H groups in total. The highest BCUT2D eigenvalue weighted by Crippen LogP contribution is 2.25. The largest absolute Gasteiger partial charge is 0.297 e. The zero-order chi connectivity index (χ0) is 11.8. The van der Waals surface area contributed by atoms with Crippen LogP contribution in [0.5, 0.6) is 0 Å². The molecule has 0 amide bonds. The van der Waals surface area contributed by atoms with Gasteiger partial charge < -0.3 is 0 Å². The summed E-state index contributed by atoms with van der Waals surface area (Å²) in [6, 6.07) is 4.29. The summed E-state index contributed by atoms with van der Waals surface area (Å²) in [5, 5.41) is 0. The average Bonchev–Trinajstić information content (AvgIpc) is 2.72. The zero-order valence-electron chi connectivity index (χ0n) is 9.02. The number of sulfone groups is 1. The first-order valence-corrected chi connectivity index (χ1v) is 8.54. The number of nitrogens with zero attached hydrogens (tertiary/aromatic N) is 1. The van der Waals surface area contributed by atoms with Crippen molar-refractivity contribution in [2.45, 2.75) is 19.0 Å². The van der Waals surface area contributed by atoms with E-state index in [4.69, 9.17) is 0 Å². The normalized spacial score (nSPS) is 24.1. The quantitative estimate of drug-likeness (QED) is 0.855. The second-order valence-electron chi connectivity index (χ2n) is 4.18. The Balaban J connectivity index is 1.96. The van der Waals surface area contributed by atoms with Crippen LogP contribution in [0.4, 0.5) is 0 Å². The van der Waals surface area contributed by atoms with Gasteiger partial charge in [0.05, 0.1) is 15.3 Å². The minimum Gasteiger partial charge on any atom is -0.297 e. The summed E-state index contributed by atoms with van der Waals surface area (Å²) in [6.07, 6.45) is 0.769. The van der Waals surface area contributed by atoms with Crippen molar-refractivity contribution in [2.75, 3.05) is 18.6 Å². The molecule has 1 aromatic rings. The third-order valence-corrected chi connectivity index (χ3v) is 6.22. The molecule has 16 heavy (non-hydrogen) atoms. The minimum atomic E-state index is -2.78. The molecule has 1 fully saturated rings. The van der Waals surface area contributed by atoms with E-state index in [1.807, 2.05) is 13.1 Å². The van der Waals surface area contributed by atoms with Crippen LogP contribution >= 0.6 is 27.3 Å². The lowest BCUT2D eigenvalue weighted by molar-refractivity contribution is 0.256. The van der Waals surface area contributed by atoms with Gasteiger partial charge in [0.1, 0.15) is 0 Å². The molecule has 0 aromatic carbocycles. The van der Waals surface area contributed by atoms with Gasteiger partial charge in [-0.2, -0.15) is 0 Å². The van der Waals surface area contributed by atoms with Crippen LogP contribution in [0.15, 0.2) is 15.9 Å². The summed E-state index contributed by atoms with van der Waals surface area (Å²) in [4.78, 5) is 3.40. The molecule has 2 rings (SSSR count). The van der Waals surface area contributed by atoms with Crippen molar-refractivity contribution in [3.05, 3.63) is 20.8 Å². The van der Waals surface area contributed by atoms with Crippen molar-refractivity contribution in [1.82, 2.24) is 4.90 Å². The molecule has 1 aliphatic heterocycles. The van der Waals surface area contributed by atoms with Gasteiger partial charge in [0.2, 0.25) is 0 Å². The van der Waals surface area contributed by atoms with E-state index in [0.29, 0.717) is 11.5 Å². The van der Waals surface area contributed by atoms with Crippen LogP contribution in [0.3, 0.4) is 0 Å². The fourth-order valence-corrected chi connectivity index (χ4v) is 5.29. The van der Waals surface area contributed by atoms with Crippen LogP contribution in [-0.2, 0) is 16.4 Å². The van der Waals surface area contributed by atoms with Crippen molar-refractivity contribution in [3.8, 4) is 0 Å². The van der Waals surface area contributed by atoms with Gasteiger partial charge in [-0.1, -0.05) is 0 Å². The standard InChI is InChI=1S/C10H14BrNO2S2/c1-12(6-9-2-3-10(11)15-9)8-4-5-16(13,14)7-8/h2-3,8H,4-7H2,1H3/t8-/m1/s1. The lowest BCUT2D eigenvalue weighted by atomic mass is 10.2. The highest BCUT2D eigenvalue weighted by Gasteiger charge is 2.30. The second-order valence-corrected chi connectivity index (χ2v) is 8.95. The van der Waals surface area contributed by atoms with Crippen LogP contribution < -0.4 is 0 Å².